The Balaban J connectivity index is 1.88. The molecule has 0 aliphatic carbocycles. The van der Waals surface area contributed by atoms with E-state index in [2.05, 4.69) is 19.9 Å². The predicted octanol–water partition coefficient (Wildman–Crippen LogP) is 2.97. The summed E-state index contributed by atoms with van der Waals surface area (Å²) in [7, 11) is -3.88. The molecule has 0 amide bonds. The lowest BCUT2D eigenvalue weighted by Gasteiger charge is -2.06. The number of H-pyrrole nitrogens is 1. The molecule has 0 bridgehead atoms. The third-order valence-corrected chi connectivity index (χ3v) is 4.55. The first-order chi connectivity index (χ1) is 10.8. The SMILES string of the molecule is Cc1nnc(-c2cc(S(=O)(=O)Nc3ccc(F)c(Cl)c3)c[nH]2)o1. The van der Waals surface area contributed by atoms with Crippen LogP contribution in [-0.4, -0.2) is 23.6 Å². The van der Waals surface area contributed by atoms with Crippen LogP contribution in [0.5, 0.6) is 0 Å². The maximum Gasteiger partial charge on any atom is 0.264 e. The van der Waals surface area contributed by atoms with Crippen molar-refractivity contribution in [3.8, 4) is 11.6 Å². The van der Waals surface area contributed by atoms with Gasteiger partial charge >= 0.3 is 0 Å². The summed E-state index contributed by atoms with van der Waals surface area (Å²) in [5, 5.41) is 7.28. The molecule has 0 spiro atoms. The van der Waals surface area contributed by atoms with Crippen LogP contribution in [-0.2, 0) is 10.0 Å². The van der Waals surface area contributed by atoms with E-state index in [0.29, 0.717) is 11.6 Å². The lowest BCUT2D eigenvalue weighted by atomic mass is 10.3. The number of rotatable bonds is 4. The second kappa shape index (κ2) is 5.67. The summed E-state index contributed by atoms with van der Waals surface area (Å²) in [6.45, 7) is 1.62. The van der Waals surface area contributed by atoms with E-state index in [-0.39, 0.29) is 21.5 Å². The first-order valence-corrected chi connectivity index (χ1v) is 8.18. The molecule has 23 heavy (non-hydrogen) atoms. The van der Waals surface area contributed by atoms with Crippen LogP contribution in [0.15, 0.2) is 39.8 Å². The van der Waals surface area contributed by atoms with E-state index < -0.39 is 15.8 Å². The second-order valence-electron chi connectivity index (χ2n) is 4.61. The Bertz CT molecular complexity index is 967. The van der Waals surface area contributed by atoms with Crippen molar-refractivity contribution in [2.75, 3.05) is 4.72 Å². The zero-order valence-corrected chi connectivity index (χ0v) is 13.2. The molecule has 2 aromatic heterocycles. The summed E-state index contributed by atoms with van der Waals surface area (Å²) < 4.78 is 45.3. The van der Waals surface area contributed by atoms with Gasteiger partial charge in [0, 0.05) is 13.1 Å². The average molecular weight is 357 g/mol. The number of aryl methyl sites for hydroxylation is 1. The molecule has 0 fully saturated rings. The summed E-state index contributed by atoms with van der Waals surface area (Å²) in [4.78, 5) is 2.71. The van der Waals surface area contributed by atoms with Crippen molar-refractivity contribution in [2.45, 2.75) is 11.8 Å². The highest BCUT2D eigenvalue weighted by molar-refractivity contribution is 7.92. The van der Waals surface area contributed by atoms with Crippen molar-refractivity contribution in [1.29, 1.82) is 0 Å². The lowest BCUT2D eigenvalue weighted by molar-refractivity contribution is 0.531. The molecule has 120 valence electrons. The van der Waals surface area contributed by atoms with Crippen LogP contribution >= 0.6 is 11.6 Å². The number of anilines is 1. The van der Waals surface area contributed by atoms with Gasteiger partial charge in [-0.25, -0.2) is 12.8 Å². The normalized spacial score (nSPS) is 11.6. The molecule has 0 saturated heterocycles. The van der Waals surface area contributed by atoms with Crippen LogP contribution in [0.25, 0.3) is 11.6 Å². The van der Waals surface area contributed by atoms with Gasteiger partial charge in [0.1, 0.15) is 16.4 Å². The first-order valence-electron chi connectivity index (χ1n) is 6.32. The quantitative estimate of drug-likeness (QED) is 0.748. The number of nitrogens with one attached hydrogen (secondary N) is 2. The standard InChI is InChI=1S/C13H10ClFN4O3S/c1-7-17-18-13(22-7)12-5-9(6-16-12)23(20,21)19-8-2-3-11(15)10(14)4-8/h2-6,16,19H,1H3. The van der Waals surface area contributed by atoms with Gasteiger partial charge in [-0.15, -0.1) is 10.2 Å². The third-order valence-electron chi connectivity index (χ3n) is 2.90. The highest BCUT2D eigenvalue weighted by Crippen LogP contribution is 2.24. The molecule has 0 aliphatic heterocycles. The van der Waals surface area contributed by atoms with Gasteiger partial charge in [-0.2, -0.15) is 0 Å². The van der Waals surface area contributed by atoms with Gasteiger partial charge in [-0.3, -0.25) is 4.72 Å². The van der Waals surface area contributed by atoms with Crippen LogP contribution < -0.4 is 4.72 Å². The second-order valence-corrected chi connectivity index (χ2v) is 6.70. The Morgan fingerprint density at radius 1 is 1.30 bits per heavy atom. The molecule has 0 unspecified atom stereocenters. The molecule has 0 atom stereocenters. The minimum absolute atomic E-state index is 0.0381. The summed E-state index contributed by atoms with van der Waals surface area (Å²) in [5.74, 6) is -0.0998. The number of aromatic nitrogens is 3. The molecule has 2 heterocycles. The zero-order chi connectivity index (χ0) is 16.6. The van der Waals surface area contributed by atoms with E-state index >= 15 is 0 Å². The van der Waals surface area contributed by atoms with Crippen molar-refractivity contribution in [3.05, 3.63) is 47.2 Å². The van der Waals surface area contributed by atoms with E-state index in [1.165, 1.54) is 24.4 Å². The van der Waals surface area contributed by atoms with Crippen molar-refractivity contribution >= 4 is 27.3 Å². The van der Waals surface area contributed by atoms with Crippen molar-refractivity contribution in [2.24, 2.45) is 0 Å². The van der Waals surface area contributed by atoms with Crippen molar-refractivity contribution < 1.29 is 17.2 Å². The van der Waals surface area contributed by atoms with Gasteiger partial charge in [0.25, 0.3) is 15.9 Å². The van der Waals surface area contributed by atoms with E-state index in [1.54, 1.807) is 6.92 Å². The van der Waals surface area contributed by atoms with Gasteiger partial charge in [-0.1, -0.05) is 11.6 Å². The topological polar surface area (TPSA) is 101 Å². The van der Waals surface area contributed by atoms with Crippen molar-refractivity contribution in [3.63, 3.8) is 0 Å². The molecule has 0 radical (unpaired) electrons. The molecule has 3 aromatic rings. The minimum Gasteiger partial charge on any atom is -0.420 e. The molecule has 2 N–H and O–H groups in total. The molecule has 1 aromatic carbocycles. The third kappa shape index (κ3) is 3.20. The Morgan fingerprint density at radius 2 is 2.09 bits per heavy atom. The molecule has 7 nitrogen and oxygen atoms in total. The first kappa shape index (κ1) is 15.5. The Labute approximate surface area is 135 Å². The van der Waals surface area contributed by atoms with E-state index in [4.69, 9.17) is 16.0 Å². The smallest absolute Gasteiger partial charge is 0.264 e. The van der Waals surface area contributed by atoms with E-state index in [1.807, 2.05) is 0 Å². The van der Waals surface area contributed by atoms with Gasteiger partial charge in [0.05, 0.1) is 10.7 Å². The zero-order valence-electron chi connectivity index (χ0n) is 11.7. The Hall–Kier alpha value is -2.39. The van der Waals surface area contributed by atoms with Gasteiger partial charge < -0.3 is 9.40 Å². The van der Waals surface area contributed by atoms with Crippen LogP contribution in [0.1, 0.15) is 5.89 Å². The maximum absolute atomic E-state index is 13.1. The van der Waals surface area contributed by atoms with Crippen LogP contribution in [0.4, 0.5) is 10.1 Å². The van der Waals surface area contributed by atoms with E-state index in [0.717, 1.165) is 6.07 Å². The highest BCUT2D eigenvalue weighted by Gasteiger charge is 2.19. The fraction of sp³-hybridized carbons (Fsp3) is 0.0769. The Morgan fingerprint density at radius 3 is 2.74 bits per heavy atom. The molecule has 0 aliphatic rings. The summed E-state index contributed by atoms with van der Waals surface area (Å²) >= 11 is 5.63. The monoisotopic (exact) mass is 356 g/mol. The molecule has 3 rings (SSSR count). The number of halogens is 2. The number of hydrogen-bond donors (Lipinski definition) is 2. The number of hydrogen-bond acceptors (Lipinski definition) is 5. The molecule has 10 heteroatoms. The van der Waals surface area contributed by atoms with Crippen LogP contribution in [0.2, 0.25) is 5.02 Å². The van der Waals surface area contributed by atoms with Gasteiger partial charge in [-0.05, 0) is 24.3 Å². The number of sulfonamides is 1. The van der Waals surface area contributed by atoms with Crippen LogP contribution in [0, 0.1) is 12.7 Å². The van der Waals surface area contributed by atoms with Gasteiger partial charge in [0.2, 0.25) is 5.89 Å². The van der Waals surface area contributed by atoms with Gasteiger partial charge in [0.15, 0.2) is 0 Å². The average Bonchev–Trinajstić information content (AvgIpc) is 3.11. The summed E-state index contributed by atoms with van der Waals surface area (Å²) in [6, 6.07) is 4.88. The fourth-order valence-electron chi connectivity index (χ4n) is 1.83. The van der Waals surface area contributed by atoms with Crippen LogP contribution in [0.3, 0.4) is 0 Å². The fourth-order valence-corrected chi connectivity index (χ4v) is 3.05. The highest BCUT2D eigenvalue weighted by atomic mass is 35.5. The summed E-state index contributed by atoms with van der Waals surface area (Å²) in [5.41, 5.74) is 0.510. The largest absolute Gasteiger partial charge is 0.420 e. The predicted molar refractivity (Wildman–Crippen MR) is 81.0 cm³/mol. The number of nitrogens with zero attached hydrogens (tertiary/aromatic N) is 2. The van der Waals surface area contributed by atoms with E-state index in [9.17, 15) is 12.8 Å². The minimum atomic E-state index is -3.88. The Kier molecular flexibility index (Phi) is 3.82. The molecular weight excluding hydrogens is 347 g/mol. The maximum atomic E-state index is 13.1. The molecular formula is C13H10ClFN4O3S. The number of aromatic amines is 1. The lowest BCUT2D eigenvalue weighted by Crippen LogP contribution is -2.12. The number of benzene rings is 1. The van der Waals surface area contributed by atoms with Crippen molar-refractivity contribution in [1.82, 2.24) is 15.2 Å². The molecule has 0 saturated carbocycles. The summed E-state index contributed by atoms with van der Waals surface area (Å²) in [6.07, 6.45) is 1.28.